The fraction of sp³-hybridized carbons (Fsp3) is 0.706. The van der Waals surface area contributed by atoms with Crippen molar-refractivity contribution in [2.45, 2.75) is 57.9 Å². The zero-order chi connectivity index (χ0) is 16.4. The van der Waals surface area contributed by atoms with Gasteiger partial charge in [0.1, 0.15) is 6.04 Å². The molecular weight excluding hydrogens is 294 g/mol. The zero-order valence-electron chi connectivity index (χ0n) is 13.7. The third-order valence-corrected chi connectivity index (χ3v) is 5.04. The molecule has 3 aliphatic rings. The molecule has 23 heavy (non-hydrogen) atoms. The molecule has 0 aromatic heterocycles. The minimum Gasteiger partial charge on any atom is -0.340 e. The second-order valence-corrected chi connectivity index (χ2v) is 6.86. The summed E-state index contributed by atoms with van der Waals surface area (Å²) in [7, 11) is 0. The highest BCUT2D eigenvalue weighted by molar-refractivity contribution is 5.98. The van der Waals surface area contributed by atoms with Crippen LogP contribution in [0.2, 0.25) is 0 Å². The Morgan fingerprint density at radius 1 is 1.13 bits per heavy atom. The topological polar surface area (TPSA) is 69.7 Å². The van der Waals surface area contributed by atoms with E-state index in [1.54, 1.807) is 10.0 Å². The molecule has 1 N–H and O–H groups in total. The number of nitrogens with one attached hydrogen (secondary N) is 1. The molecule has 0 aromatic rings. The Balaban J connectivity index is 1.68. The fourth-order valence-corrected chi connectivity index (χ4v) is 3.51. The van der Waals surface area contributed by atoms with Gasteiger partial charge in [-0.1, -0.05) is 13.0 Å². The van der Waals surface area contributed by atoms with Crippen molar-refractivity contribution in [3.8, 4) is 0 Å². The summed E-state index contributed by atoms with van der Waals surface area (Å²) in [6, 6.07) is -0.588. The number of amides is 3. The third-order valence-electron chi connectivity index (χ3n) is 5.04. The Bertz CT molecular complexity index is 543. The van der Waals surface area contributed by atoms with Crippen LogP contribution in [0.1, 0.15) is 51.9 Å². The smallest absolute Gasteiger partial charge is 0.263 e. The van der Waals surface area contributed by atoms with Crippen molar-refractivity contribution in [1.29, 1.82) is 0 Å². The summed E-state index contributed by atoms with van der Waals surface area (Å²) in [5, 5.41) is 5.98. The molecule has 1 unspecified atom stereocenters. The molecule has 1 aliphatic carbocycles. The normalized spacial score (nSPS) is 28.8. The second-order valence-electron chi connectivity index (χ2n) is 6.86. The van der Waals surface area contributed by atoms with Crippen molar-refractivity contribution in [2.75, 3.05) is 13.1 Å². The van der Waals surface area contributed by atoms with Crippen LogP contribution in [-0.2, 0) is 14.4 Å². The Labute approximate surface area is 136 Å². The number of carbonyl (C=O) groups excluding carboxylic acids is 3. The van der Waals surface area contributed by atoms with Crippen LogP contribution in [-0.4, -0.2) is 46.9 Å². The lowest BCUT2D eigenvalue weighted by Crippen LogP contribution is -2.56. The van der Waals surface area contributed by atoms with Gasteiger partial charge in [-0.25, -0.2) is 5.01 Å². The quantitative estimate of drug-likeness (QED) is 0.836. The first-order chi connectivity index (χ1) is 11.1. The SMILES string of the molecule is C[C@H]1CC=C(C(=O)NC2CCC(=O)N3CCCCN3C2=O)CC1. The van der Waals surface area contributed by atoms with E-state index in [0.29, 0.717) is 31.8 Å². The Morgan fingerprint density at radius 2 is 1.87 bits per heavy atom. The number of carbonyl (C=O) groups is 3. The van der Waals surface area contributed by atoms with Crippen molar-refractivity contribution in [3.05, 3.63) is 11.6 Å². The monoisotopic (exact) mass is 319 g/mol. The van der Waals surface area contributed by atoms with Gasteiger partial charge in [0.25, 0.3) is 5.91 Å². The molecule has 0 saturated carbocycles. The Kier molecular flexibility index (Phi) is 4.68. The van der Waals surface area contributed by atoms with Gasteiger partial charge in [-0.15, -0.1) is 0 Å². The van der Waals surface area contributed by atoms with Gasteiger partial charge in [0, 0.05) is 25.1 Å². The maximum absolute atomic E-state index is 12.7. The summed E-state index contributed by atoms with van der Waals surface area (Å²) < 4.78 is 0. The molecule has 0 spiro atoms. The molecule has 2 saturated heterocycles. The average Bonchev–Trinajstić information content (AvgIpc) is 2.68. The lowest BCUT2D eigenvalue weighted by Gasteiger charge is -2.38. The summed E-state index contributed by atoms with van der Waals surface area (Å²) in [6.07, 6.45) is 7.21. The van der Waals surface area contributed by atoms with Crippen LogP contribution in [0.3, 0.4) is 0 Å². The van der Waals surface area contributed by atoms with E-state index in [1.165, 1.54) is 0 Å². The van der Waals surface area contributed by atoms with E-state index in [9.17, 15) is 14.4 Å². The van der Waals surface area contributed by atoms with E-state index >= 15 is 0 Å². The highest BCUT2D eigenvalue weighted by Crippen LogP contribution is 2.24. The third kappa shape index (κ3) is 3.41. The molecule has 0 aromatic carbocycles. The molecule has 3 amide bonds. The van der Waals surface area contributed by atoms with Crippen LogP contribution in [0.4, 0.5) is 0 Å². The van der Waals surface area contributed by atoms with E-state index < -0.39 is 6.04 Å². The summed E-state index contributed by atoms with van der Waals surface area (Å²) in [5.41, 5.74) is 0.780. The number of allylic oxidation sites excluding steroid dienone is 1. The van der Waals surface area contributed by atoms with Crippen LogP contribution in [0.25, 0.3) is 0 Å². The highest BCUT2D eigenvalue weighted by atomic mass is 16.2. The summed E-state index contributed by atoms with van der Waals surface area (Å²) in [6.45, 7) is 3.35. The molecule has 2 aliphatic heterocycles. The largest absolute Gasteiger partial charge is 0.340 e. The number of hydrogen-bond donors (Lipinski definition) is 1. The maximum Gasteiger partial charge on any atom is 0.263 e. The minimum absolute atomic E-state index is 0.0134. The second kappa shape index (κ2) is 6.72. The van der Waals surface area contributed by atoms with Gasteiger partial charge in [0.2, 0.25) is 11.8 Å². The molecule has 3 rings (SSSR count). The van der Waals surface area contributed by atoms with Gasteiger partial charge < -0.3 is 5.32 Å². The molecule has 126 valence electrons. The number of rotatable bonds is 2. The molecule has 0 radical (unpaired) electrons. The fourth-order valence-electron chi connectivity index (χ4n) is 3.51. The van der Waals surface area contributed by atoms with Crippen molar-refractivity contribution < 1.29 is 14.4 Å². The van der Waals surface area contributed by atoms with E-state index in [0.717, 1.165) is 37.7 Å². The first kappa shape index (κ1) is 16.0. The van der Waals surface area contributed by atoms with E-state index in [1.807, 2.05) is 6.08 Å². The Morgan fingerprint density at radius 3 is 2.57 bits per heavy atom. The predicted octanol–water partition coefficient (Wildman–Crippen LogP) is 1.38. The lowest BCUT2D eigenvalue weighted by atomic mass is 9.90. The van der Waals surface area contributed by atoms with Gasteiger partial charge in [0.05, 0.1) is 0 Å². The zero-order valence-corrected chi connectivity index (χ0v) is 13.7. The van der Waals surface area contributed by atoms with Gasteiger partial charge in [-0.05, 0) is 44.4 Å². The van der Waals surface area contributed by atoms with Crippen LogP contribution < -0.4 is 5.32 Å². The Hall–Kier alpha value is -1.85. The van der Waals surface area contributed by atoms with Gasteiger partial charge in [0.15, 0.2) is 0 Å². The molecule has 2 heterocycles. The number of nitrogens with zero attached hydrogens (tertiary/aromatic N) is 2. The van der Waals surface area contributed by atoms with E-state index in [2.05, 4.69) is 12.2 Å². The first-order valence-electron chi connectivity index (χ1n) is 8.68. The van der Waals surface area contributed by atoms with Gasteiger partial charge in [-0.2, -0.15) is 0 Å². The molecule has 0 bridgehead atoms. The summed E-state index contributed by atoms with van der Waals surface area (Å²) >= 11 is 0. The highest BCUT2D eigenvalue weighted by Gasteiger charge is 2.37. The number of hydrogen-bond acceptors (Lipinski definition) is 3. The van der Waals surface area contributed by atoms with Crippen LogP contribution in [0.15, 0.2) is 11.6 Å². The van der Waals surface area contributed by atoms with Gasteiger partial charge in [-0.3, -0.25) is 19.4 Å². The summed E-state index contributed by atoms with van der Waals surface area (Å²) in [5.74, 6) is 0.313. The van der Waals surface area contributed by atoms with Crippen molar-refractivity contribution in [3.63, 3.8) is 0 Å². The van der Waals surface area contributed by atoms with Crippen LogP contribution in [0.5, 0.6) is 0 Å². The standard InChI is InChI=1S/C17H25N3O3/c1-12-4-6-13(7-5-12)16(22)18-14-8-9-15(21)19-10-2-3-11-20(19)17(14)23/h6,12,14H,2-5,7-11H2,1H3,(H,18,22)/t12-,14?/m0/s1. The number of fused-ring (bicyclic) bond motifs is 1. The van der Waals surface area contributed by atoms with E-state index in [4.69, 9.17) is 0 Å². The molecule has 2 fully saturated rings. The van der Waals surface area contributed by atoms with Gasteiger partial charge >= 0.3 is 0 Å². The summed E-state index contributed by atoms with van der Waals surface area (Å²) in [4.78, 5) is 37.3. The van der Waals surface area contributed by atoms with Crippen molar-refractivity contribution >= 4 is 17.7 Å². The van der Waals surface area contributed by atoms with E-state index in [-0.39, 0.29) is 17.7 Å². The molecular formula is C17H25N3O3. The first-order valence-corrected chi connectivity index (χ1v) is 8.68. The lowest BCUT2D eigenvalue weighted by molar-refractivity contribution is -0.165. The van der Waals surface area contributed by atoms with Crippen molar-refractivity contribution in [1.82, 2.24) is 15.3 Å². The maximum atomic E-state index is 12.7. The van der Waals surface area contributed by atoms with Crippen LogP contribution >= 0.6 is 0 Å². The molecule has 6 heteroatoms. The van der Waals surface area contributed by atoms with Crippen LogP contribution in [0, 0.1) is 5.92 Å². The molecule has 6 nitrogen and oxygen atoms in total. The predicted molar refractivity (Wildman–Crippen MR) is 84.9 cm³/mol. The average molecular weight is 319 g/mol. The minimum atomic E-state index is -0.588. The van der Waals surface area contributed by atoms with Crippen molar-refractivity contribution in [2.24, 2.45) is 5.92 Å². The number of hydrazine groups is 1. The molecule has 2 atom stereocenters.